The van der Waals surface area contributed by atoms with Crippen molar-refractivity contribution in [1.82, 2.24) is 14.9 Å². The second-order valence-electron chi connectivity index (χ2n) is 5.92. The Morgan fingerprint density at radius 3 is 2.31 bits per heavy atom. The Morgan fingerprint density at radius 2 is 1.58 bits per heavy atom. The van der Waals surface area contributed by atoms with Crippen LogP contribution in [0.1, 0.15) is 17.9 Å². The molecule has 6 nitrogen and oxygen atoms in total. The summed E-state index contributed by atoms with van der Waals surface area (Å²) in [6.07, 6.45) is 1.68. The summed E-state index contributed by atoms with van der Waals surface area (Å²) in [5.41, 5.74) is 1.98. The molecular weight excluding hydrogens is 350 g/mol. The van der Waals surface area contributed by atoms with E-state index in [1.807, 2.05) is 60.7 Å². The molecule has 2 aromatic carbocycles. The molecule has 0 radical (unpaired) electrons. The van der Waals surface area contributed by atoms with Gasteiger partial charge >= 0.3 is 0 Å². The van der Waals surface area contributed by atoms with Gasteiger partial charge in [0.25, 0.3) is 0 Å². The SMILES string of the molecule is O=S(=O)(CCCc1ccccc1)NCCc1nnc(-c2ccccc2)o1. The summed E-state index contributed by atoms with van der Waals surface area (Å²) in [4.78, 5) is 0. The summed E-state index contributed by atoms with van der Waals surface area (Å²) in [5, 5.41) is 7.95. The normalized spacial score (nSPS) is 11.5. The number of benzene rings is 2. The zero-order valence-electron chi connectivity index (χ0n) is 14.3. The zero-order valence-corrected chi connectivity index (χ0v) is 15.2. The first-order valence-corrected chi connectivity index (χ1v) is 10.2. The summed E-state index contributed by atoms with van der Waals surface area (Å²) < 4.78 is 32.3. The third kappa shape index (κ3) is 5.50. The average molecular weight is 371 g/mol. The second kappa shape index (κ2) is 8.73. The van der Waals surface area contributed by atoms with Crippen molar-refractivity contribution in [2.45, 2.75) is 19.3 Å². The van der Waals surface area contributed by atoms with Crippen molar-refractivity contribution in [3.05, 3.63) is 72.1 Å². The first-order valence-electron chi connectivity index (χ1n) is 8.51. The van der Waals surface area contributed by atoms with E-state index in [1.165, 1.54) is 0 Å². The Labute approximate surface area is 153 Å². The smallest absolute Gasteiger partial charge is 0.247 e. The molecule has 3 rings (SSSR count). The van der Waals surface area contributed by atoms with Gasteiger partial charge in [0.2, 0.25) is 21.8 Å². The lowest BCUT2D eigenvalue weighted by atomic mass is 10.1. The van der Waals surface area contributed by atoms with E-state index in [0.717, 1.165) is 17.5 Å². The fourth-order valence-electron chi connectivity index (χ4n) is 2.55. The molecule has 0 atom stereocenters. The molecule has 0 saturated carbocycles. The van der Waals surface area contributed by atoms with Gasteiger partial charge in [-0.3, -0.25) is 0 Å². The molecule has 0 aliphatic rings. The van der Waals surface area contributed by atoms with E-state index in [-0.39, 0.29) is 12.3 Å². The molecule has 1 N–H and O–H groups in total. The van der Waals surface area contributed by atoms with Crippen LogP contribution in [-0.4, -0.2) is 30.9 Å². The first kappa shape index (κ1) is 18.3. The molecule has 136 valence electrons. The van der Waals surface area contributed by atoms with Crippen molar-refractivity contribution >= 4 is 10.0 Å². The third-order valence-electron chi connectivity index (χ3n) is 3.87. The fourth-order valence-corrected chi connectivity index (χ4v) is 3.63. The van der Waals surface area contributed by atoms with Gasteiger partial charge in [0.05, 0.1) is 5.75 Å². The highest BCUT2D eigenvalue weighted by atomic mass is 32.2. The summed E-state index contributed by atoms with van der Waals surface area (Å²) >= 11 is 0. The Hall–Kier alpha value is -2.51. The maximum Gasteiger partial charge on any atom is 0.247 e. The molecule has 26 heavy (non-hydrogen) atoms. The molecule has 0 spiro atoms. The molecule has 7 heteroatoms. The molecule has 0 amide bonds. The maximum atomic E-state index is 12.1. The van der Waals surface area contributed by atoms with E-state index in [9.17, 15) is 8.42 Å². The zero-order chi connectivity index (χ0) is 18.2. The molecule has 0 aliphatic carbocycles. The first-order chi connectivity index (χ1) is 12.6. The molecule has 3 aromatic rings. The highest BCUT2D eigenvalue weighted by molar-refractivity contribution is 7.89. The Balaban J connectivity index is 1.43. The molecule has 1 heterocycles. The van der Waals surface area contributed by atoms with Crippen molar-refractivity contribution in [3.63, 3.8) is 0 Å². The fraction of sp³-hybridized carbons (Fsp3) is 0.263. The molecule has 1 aromatic heterocycles. The van der Waals surface area contributed by atoms with E-state index in [4.69, 9.17) is 4.42 Å². The van der Waals surface area contributed by atoms with Gasteiger partial charge in [-0.25, -0.2) is 13.1 Å². The van der Waals surface area contributed by atoms with Crippen molar-refractivity contribution < 1.29 is 12.8 Å². The number of nitrogens with zero attached hydrogens (tertiary/aromatic N) is 2. The summed E-state index contributed by atoms with van der Waals surface area (Å²) in [6, 6.07) is 19.3. The minimum Gasteiger partial charge on any atom is -0.421 e. The molecule has 0 aliphatic heterocycles. The minimum atomic E-state index is -3.31. The Bertz CT molecular complexity index is 909. The standard InChI is InChI=1S/C19H21N3O3S/c23-26(24,15-7-10-16-8-3-1-4-9-16)20-14-13-18-21-22-19(25-18)17-11-5-2-6-12-17/h1-6,8-9,11-12,20H,7,10,13-15H2. The van der Waals surface area contributed by atoms with Crippen molar-refractivity contribution in [2.75, 3.05) is 12.3 Å². The molecular formula is C19H21N3O3S. The lowest BCUT2D eigenvalue weighted by molar-refractivity contribution is 0.502. The van der Waals surface area contributed by atoms with Crippen LogP contribution in [0.2, 0.25) is 0 Å². The summed E-state index contributed by atoms with van der Waals surface area (Å²) in [6.45, 7) is 0.240. The van der Waals surface area contributed by atoms with Crippen molar-refractivity contribution in [1.29, 1.82) is 0 Å². The van der Waals surface area contributed by atoms with Crippen molar-refractivity contribution in [2.24, 2.45) is 0 Å². The van der Waals surface area contributed by atoms with Crippen LogP contribution in [-0.2, 0) is 22.9 Å². The van der Waals surface area contributed by atoms with Crippen LogP contribution in [0.3, 0.4) is 0 Å². The van der Waals surface area contributed by atoms with E-state index in [1.54, 1.807) is 0 Å². The van der Waals surface area contributed by atoms with Gasteiger partial charge in [0, 0.05) is 18.5 Å². The van der Waals surface area contributed by atoms with Crippen LogP contribution in [0.4, 0.5) is 0 Å². The number of hydrogen-bond donors (Lipinski definition) is 1. The third-order valence-corrected chi connectivity index (χ3v) is 5.34. The highest BCUT2D eigenvalue weighted by Gasteiger charge is 2.12. The molecule has 0 unspecified atom stereocenters. The van der Waals surface area contributed by atoms with E-state index < -0.39 is 10.0 Å². The van der Waals surface area contributed by atoms with E-state index in [0.29, 0.717) is 24.6 Å². The van der Waals surface area contributed by atoms with Gasteiger partial charge in [-0.1, -0.05) is 48.5 Å². The van der Waals surface area contributed by atoms with Gasteiger partial charge in [-0.05, 0) is 30.5 Å². The van der Waals surface area contributed by atoms with Crippen LogP contribution in [0.25, 0.3) is 11.5 Å². The minimum absolute atomic E-state index is 0.0982. The lowest BCUT2D eigenvalue weighted by Gasteiger charge is -2.05. The van der Waals surface area contributed by atoms with E-state index in [2.05, 4.69) is 14.9 Å². The molecule has 0 saturated heterocycles. The van der Waals surface area contributed by atoms with Crippen LogP contribution >= 0.6 is 0 Å². The van der Waals surface area contributed by atoms with Gasteiger partial charge in [-0.2, -0.15) is 0 Å². The Morgan fingerprint density at radius 1 is 0.885 bits per heavy atom. The van der Waals surface area contributed by atoms with Crippen LogP contribution in [0, 0.1) is 0 Å². The van der Waals surface area contributed by atoms with Crippen LogP contribution in [0.15, 0.2) is 65.1 Å². The van der Waals surface area contributed by atoms with Crippen LogP contribution < -0.4 is 4.72 Å². The van der Waals surface area contributed by atoms with Crippen molar-refractivity contribution in [3.8, 4) is 11.5 Å². The summed E-state index contributed by atoms with van der Waals surface area (Å²) in [7, 11) is -3.31. The Kier molecular flexibility index (Phi) is 6.14. The second-order valence-corrected chi connectivity index (χ2v) is 7.85. The summed E-state index contributed by atoms with van der Waals surface area (Å²) in [5.74, 6) is 0.947. The van der Waals surface area contributed by atoms with Gasteiger partial charge in [-0.15, -0.1) is 10.2 Å². The molecule has 0 bridgehead atoms. The number of hydrogen-bond acceptors (Lipinski definition) is 5. The highest BCUT2D eigenvalue weighted by Crippen LogP contribution is 2.16. The predicted molar refractivity (Wildman–Crippen MR) is 100.0 cm³/mol. The predicted octanol–water partition coefficient (Wildman–Crippen LogP) is 2.83. The number of rotatable bonds is 9. The number of nitrogens with one attached hydrogen (secondary N) is 1. The van der Waals surface area contributed by atoms with Gasteiger partial charge in [0.15, 0.2) is 0 Å². The average Bonchev–Trinajstić information content (AvgIpc) is 3.12. The monoisotopic (exact) mass is 371 g/mol. The quantitative estimate of drug-likeness (QED) is 0.625. The molecule has 0 fully saturated rings. The number of aromatic nitrogens is 2. The maximum absolute atomic E-state index is 12.1. The number of sulfonamides is 1. The van der Waals surface area contributed by atoms with E-state index >= 15 is 0 Å². The van der Waals surface area contributed by atoms with Crippen LogP contribution in [0.5, 0.6) is 0 Å². The van der Waals surface area contributed by atoms with Gasteiger partial charge in [0.1, 0.15) is 0 Å². The van der Waals surface area contributed by atoms with Gasteiger partial charge < -0.3 is 4.42 Å². The topological polar surface area (TPSA) is 85.1 Å². The lowest BCUT2D eigenvalue weighted by Crippen LogP contribution is -2.28. The number of aryl methyl sites for hydroxylation is 1. The largest absolute Gasteiger partial charge is 0.421 e.